The van der Waals surface area contributed by atoms with E-state index in [1.54, 1.807) is 36.5 Å². The van der Waals surface area contributed by atoms with Gasteiger partial charge in [-0.25, -0.2) is 4.79 Å². The van der Waals surface area contributed by atoms with Gasteiger partial charge in [0.05, 0.1) is 18.4 Å². The highest BCUT2D eigenvalue weighted by Gasteiger charge is 2.13. The Morgan fingerprint density at radius 2 is 1.75 bits per heavy atom. The second-order valence-corrected chi connectivity index (χ2v) is 6.36. The van der Waals surface area contributed by atoms with E-state index in [1.807, 2.05) is 38.1 Å². The Labute approximate surface area is 163 Å². The average molecular weight is 375 g/mol. The van der Waals surface area contributed by atoms with E-state index in [0.717, 1.165) is 16.8 Å². The molecule has 6 nitrogen and oxygen atoms in total. The number of esters is 1. The molecule has 6 heteroatoms. The largest absolute Gasteiger partial charge is 0.465 e. The molecule has 28 heavy (non-hydrogen) atoms. The summed E-state index contributed by atoms with van der Waals surface area (Å²) in [5.41, 5.74) is 4.67. The molecule has 0 aliphatic rings. The monoisotopic (exact) mass is 375 g/mol. The zero-order chi connectivity index (χ0) is 20.1. The molecule has 0 radical (unpaired) electrons. The Bertz CT molecular complexity index is 1030. The first-order valence-corrected chi connectivity index (χ1v) is 8.77. The van der Waals surface area contributed by atoms with Crippen LogP contribution in [-0.2, 0) is 4.74 Å². The van der Waals surface area contributed by atoms with E-state index in [1.165, 1.54) is 7.11 Å². The first kappa shape index (κ1) is 19.1. The lowest BCUT2D eigenvalue weighted by atomic mass is 10.1. The first-order chi connectivity index (χ1) is 13.5. The molecular weight excluding hydrogens is 354 g/mol. The van der Waals surface area contributed by atoms with Gasteiger partial charge in [0.15, 0.2) is 0 Å². The summed E-state index contributed by atoms with van der Waals surface area (Å²) in [6, 6.07) is 16.2. The Morgan fingerprint density at radius 3 is 2.54 bits per heavy atom. The van der Waals surface area contributed by atoms with Crippen molar-refractivity contribution in [2.24, 2.45) is 0 Å². The van der Waals surface area contributed by atoms with E-state index >= 15 is 0 Å². The van der Waals surface area contributed by atoms with Crippen molar-refractivity contribution in [1.82, 2.24) is 4.98 Å². The highest BCUT2D eigenvalue weighted by Crippen LogP contribution is 2.22. The fraction of sp³-hybridized carbons (Fsp3) is 0.136. The van der Waals surface area contributed by atoms with Gasteiger partial charge in [0.1, 0.15) is 5.69 Å². The number of hydrogen-bond acceptors (Lipinski definition) is 5. The normalized spacial score (nSPS) is 10.2. The summed E-state index contributed by atoms with van der Waals surface area (Å²) in [5, 5.41) is 6.04. The summed E-state index contributed by atoms with van der Waals surface area (Å²) >= 11 is 0. The van der Waals surface area contributed by atoms with Crippen LogP contribution in [0.25, 0.3) is 0 Å². The van der Waals surface area contributed by atoms with Gasteiger partial charge in [0.25, 0.3) is 5.91 Å². The zero-order valence-corrected chi connectivity index (χ0v) is 15.9. The van der Waals surface area contributed by atoms with E-state index in [9.17, 15) is 9.59 Å². The molecule has 0 aliphatic carbocycles. The van der Waals surface area contributed by atoms with Crippen LogP contribution in [0.15, 0.2) is 60.8 Å². The first-order valence-electron chi connectivity index (χ1n) is 8.77. The lowest BCUT2D eigenvalue weighted by molar-refractivity contribution is 0.0601. The minimum Gasteiger partial charge on any atom is -0.465 e. The van der Waals surface area contributed by atoms with Crippen LogP contribution in [0.5, 0.6) is 0 Å². The van der Waals surface area contributed by atoms with Crippen molar-refractivity contribution < 1.29 is 14.3 Å². The van der Waals surface area contributed by atoms with Crippen LogP contribution in [0.1, 0.15) is 32.0 Å². The molecule has 0 fully saturated rings. The van der Waals surface area contributed by atoms with Gasteiger partial charge < -0.3 is 15.4 Å². The number of nitrogens with one attached hydrogen (secondary N) is 2. The summed E-state index contributed by atoms with van der Waals surface area (Å²) < 4.78 is 4.81. The average Bonchev–Trinajstić information content (AvgIpc) is 2.70. The van der Waals surface area contributed by atoms with Crippen molar-refractivity contribution in [3.63, 3.8) is 0 Å². The maximum atomic E-state index is 12.6. The number of aryl methyl sites for hydroxylation is 2. The van der Waals surface area contributed by atoms with Crippen LogP contribution in [0.3, 0.4) is 0 Å². The highest BCUT2D eigenvalue weighted by molar-refractivity contribution is 6.04. The molecule has 3 rings (SSSR count). The van der Waals surface area contributed by atoms with Gasteiger partial charge in [0, 0.05) is 17.6 Å². The molecule has 0 saturated carbocycles. The number of rotatable bonds is 5. The van der Waals surface area contributed by atoms with Gasteiger partial charge in [-0.05, 0) is 55.3 Å². The predicted octanol–water partition coefficient (Wildman–Crippen LogP) is 4.48. The number of pyridine rings is 1. The van der Waals surface area contributed by atoms with E-state index in [4.69, 9.17) is 4.74 Å². The molecule has 0 atom stereocenters. The van der Waals surface area contributed by atoms with Crippen LogP contribution >= 0.6 is 0 Å². The molecule has 142 valence electrons. The number of methoxy groups -OCH3 is 1. The molecule has 1 aromatic heterocycles. The molecule has 0 spiro atoms. The number of aromatic nitrogens is 1. The second-order valence-electron chi connectivity index (χ2n) is 6.36. The lowest BCUT2D eigenvalue weighted by Gasteiger charge is -2.12. The standard InChI is InChI=1S/C22H21N3O3/c1-14-8-9-15(2)19(12-14)25-21(26)20-13-16(10-11-23-20)24-18-7-5-4-6-17(18)22(27)28-3/h4-13H,1-3H3,(H,23,24)(H,25,26). The smallest absolute Gasteiger partial charge is 0.339 e. The third-order valence-corrected chi connectivity index (χ3v) is 4.25. The van der Waals surface area contributed by atoms with Crippen molar-refractivity contribution in [3.05, 3.63) is 83.2 Å². The summed E-state index contributed by atoms with van der Waals surface area (Å²) in [5.74, 6) is -0.747. The molecule has 1 amide bonds. The Morgan fingerprint density at radius 1 is 0.964 bits per heavy atom. The van der Waals surface area contributed by atoms with E-state index in [-0.39, 0.29) is 11.6 Å². The minimum absolute atomic E-state index is 0.265. The van der Waals surface area contributed by atoms with Gasteiger partial charge in [-0.3, -0.25) is 9.78 Å². The fourth-order valence-corrected chi connectivity index (χ4v) is 2.72. The molecule has 0 saturated heterocycles. The van der Waals surface area contributed by atoms with Gasteiger partial charge in [-0.15, -0.1) is 0 Å². The van der Waals surface area contributed by atoms with Crippen LogP contribution in [0.4, 0.5) is 17.1 Å². The van der Waals surface area contributed by atoms with Crippen LogP contribution in [0, 0.1) is 13.8 Å². The Balaban J connectivity index is 1.82. The molecule has 2 N–H and O–H groups in total. The number of ether oxygens (including phenoxy) is 1. The topological polar surface area (TPSA) is 80.3 Å². The van der Waals surface area contributed by atoms with Crippen LogP contribution in [-0.4, -0.2) is 24.0 Å². The third kappa shape index (κ3) is 4.35. The minimum atomic E-state index is -0.440. The number of para-hydroxylation sites is 1. The number of anilines is 3. The summed E-state index contributed by atoms with van der Waals surface area (Å²) in [7, 11) is 1.33. The molecule has 2 aromatic carbocycles. The van der Waals surface area contributed by atoms with Crippen molar-refractivity contribution >= 4 is 28.9 Å². The fourth-order valence-electron chi connectivity index (χ4n) is 2.72. The number of carbonyl (C=O) groups is 2. The van der Waals surface area contributed by atoms with Crippen LogP contribution in [0.2, 0.25) is 0 Å². The van der Waals surface area contributed by atoms with E-state index in [0.29, 0.717) is 16.9 Å². The SMILES string of the molecule is COC(=O)c1ccccc1Nc1ccnc(C(=O)Nc2cc(C)ccc2C)c1. The number of benzene rings is 2. The third-order valence-electron chi connectivity index (χ3n) is 4.25. The molecule has 3 aromatic rings. The second kappa shape index (κ2) is 8.35. The van der Waals surface area contributed by atoms with Crippen molar-refractivity contribution in [3.8, 4) is 0 Å². The number of amides is 1. The molecule has 0 unspecified atom stereocenters. The van der Waals surface area contributed by atoms with Gasteiger partial charge in [-0.2, -0.15) is 0 Å². The van der Waals surface area contributed by atoms with Gasteiger partial charge >= 0.3 is 5.97 Å². The maximum absolute atomic E-state index is 12.6. The zero-order valence-electron chi connectivity index (χ0n) is 15.9. The van der Waals surface area contributed by atoms with Crippen molar-refractivity contribution in [2.75, 3.05) is 17.7 Å². The number of nitrogens with zero attached hydrogens (tertiary/aromatic N) is 1. The summed E-state index contributed by atoms with van der Waals surface area (Å²) in [4.78, 5) is 28.7. The highest BCUT2D eigenvalue weighted by atomic mass is 16.5. The predicted molar refractivity (Wildman–Crippen MR) is 109 cm³/mol. The maximum Gasteiger partial charge on any atom is 0.339 e. The molecule has 0 bridgehead atoms. The molecule has 0 aliphatic heterocycles. The van der Waals surface area contributed by atoms with Crippen molar-refractivity contribution in [1.29, 1.82) is 0 Å². The summed E-state index contributed by atoms with van der Waals surface area (Å²) in [6.45, 7) is 3.90. The summed E-state index contributed by atoms with van der Waals surface area (Å²) in [6.07, 6.45) is 1.54. The van der Waals surface area contributed by atoms with E-state index < -0.39 is 5.97 Å². The van der Waals surface area contributed by atoms with E-state index in [2.05, 4.69) is 15.6 Å². The number of hydrogen-bond donors (Lipinski definition) is 2. The van der Waals surface area contributed by atoms with Crippen molar-refractivity contribution in [2.45, 2.75) is 13.8 Å². The molecule has 1 heterocycles. The lowest BCUT2D eigenvalue weighted by Crippen LogP contribution is -2.15. The molecular formula is C22H21N3O3. The quantitative estimate of drug-likeness (QED) is 0.643. The Hall–Kier alpha value is -3.67. The van der Waals surface area contributed by atoms with Gasteiger partial charge in [0.2, 0.25) is 0 Å². The van der Waals surface area contributed by atoms with Gasteiger partial charge in [-0.1, -0.05) is 24.3 Å². The number of carbonyl (C=O) groups excluding carboxylic acids is 2. The Kier molecular flexibility index (Phi) is 5.69. The van der Waals surface area contributed by atoms with Crippen LogP contribution < -0.4 is 10.6 Å².